The van der Waals surface area contributed by atoms with Crippen LogP contribution in [0.15, 0.2) is 24.3 Å². The van der Waals surface area contributed by atoms with Crippen LogP contribution in [-0.2, 0) is 0 Å². The molecule has 0 saturated heterocycles. The van der Waals surface area contributed by atoms with E-state index in [1.54, 1.807) is 12.1 Å². The van der Waals surface area contributed by atoms with Gasteiger partial charge < -0.3 is 5.32 Å². The van der Waals surface area contributed by atoms with Crippen LogP contribution in [0.4, 0.5) is 4.39 Å². The fraction of sp³-hybridized carbons (Fsp3) is 0.333. The molecule has 98 valence electrons. The molecule has 0 aliphatic heterocycles. The molecule has 1 saturated carbocycles. The monoisotopic (exact) mass is 258 g/mol. The second kappa shape index (κ2) is 4.61. The molecule has 1 aromatic carbocycles. The lowest BCUT2D eigenvalue weighted by Gasteiger charge is -2.08. The van der Waals surface area contributed by atoms with Crippen molar-refractivity contribution in [1.82, 2.24) is 10.3 Å². The molecule has 3 nitrogen and oxygen atoms in total. The Labute approximate surface area is 110 Å². The number of nitrogens with one attached hydrogen (secondary N) is 1. The topological polar surface area (TPSA) is 42.0 Å². The maximum absolute atomic E-state index is 13.2. The van der Waals surface area contributed by atoms with Gasteiger partial charge in [0.2, 0.25) is 0 Å². The maximum atomic E-state index is 13.2. The molecule has 1 heterocycles. The first kappa shape index (κ1) is 12.1. The van der Waals surface area contributed by atoms with Crippen molar-refractivity contribution in [2.24, 2.45) is 5.92 Å². The Morgan fingerprint density at radius 3 is 2.95 bits per heavy atom. The van der Waals surface area contributed by atoms with E-state index in [0.717, 1.165) is 12.2 Å². The number of fused-ring (bicyclic) bond motifs is 1. The highest BCUT2D eigenvalue weighted by molar-refractivity contribution is 6.06. The lowest BCUT2D eigenvalue weighted by molar-refractivity contribution is 0.0953. The smallest absolute Gasteiger partial charge is 0.252 e. The standard InChI is InChI=1S/C15H15FN2O/c1-9-6-13(15(19)17-8-10-2-3-10)12-5-4-11(16)7-14(12)18-9/h4-7,10H,2-3,8H2,1H3,(H,17,19). The number of carbonyl (C=O) groups is 1. The number of rotatable bonds is 3. The molecule has 19 heavy (non-hydrogen) atoms. The Morgan fingerprint density at radius 2 is 2.21 bits per heavy atom. The molecule has 1 aliphatic rings. The van der Waals surface area contributed by atoms with Gasteiger partial charge in [-0.2, -0.15) is 0 Å². The molecule has 1 N–H and O–H groups in total. The van der Waals surface area contributed by atoms with Crippen LogP contribution in [0.25, 0.3) is 10.9 Å². The molecule has 0 radical (unpaired) electrons. The van der Waals surface area contributed by atoms with E-state index in [4.69, 9.17) is 0 Å². The first-order valence-corrected chi connectivity index (χ1v) is 6.48. The number of carbonyl (C=O) groups excluding carboxylic acids is 1. The lowest BCUT2D eigenvalue weighted by atomic mass is 10.1. The highest BCUT2D eigenvalue weighted by Gasteiger charge is 2.22. The molecule has 1 amide bonds. The Kier molecular flexibility index (Phi) is 2.93. The van der Waals surface area contributed by atoms with Gasteiger partial charge in [-0.15, -0.1) is 0 Å². The highest BCUT2D eigenvalue weighted by atomic mass is 19.1. The van der Waals surface area contributed by atoms with E-state index in [1.807, 2.05) is 6.92 Å². The summed E-state index contributed by atoms with van der Waals surface area (Å²) in [7, 11) is 0. The zero-order chi connectivity index (χ0) is 13.4. The van der Waals surface area contributed by atoms with Gasteiger partial charge in [-0.25, -0.2) is 4.39 Å². The Morgan fingerprint density at radius 1 is 1.42 bits per heavy atom. The van der Waals surface area contributed by atoms with Crippen molar-refractivity contribution in [3.63, 3.8) is 0 Å². The average Bonchev–Trinajstić information content (AvgIpc) is 3.18. The fourth-order valence-corrected chi connectivity index (χ4v) is 2.18. The van der Waals surface area contributed by atoms with E-state index in [-0.39, 0.29) is 11.7 Å². The molecule has 1 aliphatic carbocycles. The van der Waals surface area contributed by atoms with Crippen molar-refractivity contribution < 1.29 is 9.18 Å². The molecule has 3 rings (SSSR count). The largest absolute Gasteiger partial charge is 0.352 e. The first-order chi connectivity index (χ1) is 9.13. The number of pyridine rings is 1. The normalized spacial score (nSPS) is 14.6. The van der Waals surface area contributed by atoms with Crippen LogP contribution in [0.5, 0.6) is 0 Å². The van der Waals surface area contributed by atoms with Gasteiger partial charge in [-0.05, 0) is 43.9 Å². The molecule has 0 bridgehead atoms. The first-order valence-electron chi connectivity index (χ1n) is 6.48. The highest BCUT2D eigenvalue weighted by Crippen LogP contribution is 2.28. The zero-order valence-corrected chi connectivity index (χ0v) is 10.7. The van der Waals surface area contributed by atoms with Gasteiger partial charge in [0.1, 0.15) is 5.82 Å². The zero-order valence-electron chi connectivity index (χ0n) is 10.7. The average molecular weight is 258 g/mol. The number of aromatic nitrogens is 1. The number of benzene rings is 1. The summed E-state index contributed by atoms with van der Waals surface area (Å²) in [6.45, 7) is 2.53. The Bertz CT molecular complexity index is 645. The number of halogens is 1. The van der Waals surface area contributed by atoms with Crippen molar-refractivity contribution in [2.45, 2.75) is 19.8 Å². The third-order valence-electron chi connectivity index (χ3n) is 3.39. The van der Waals surface area contributed by atoms with E-state index < -0.39 is 0 Å². The van der Waals surface area contributed by atoms with Gasteiger partial charge in [-0.3, -0.25) is 9.78 Å². The van der Waals surface area contributed by atoms with Crippen LogP contribution < -0.4 is 5.32 Å². The van der Waals surface area contributed by atoms with E-state index in [1.165, 1.54) is 25.0 Å². The summed E-state index contributed by atoms with van der Waals surface area (Å²) in [5.74, 6) is 0.194. The maximum Gasteiger partial charge on any atom is 0.252 e. The van der Waals surface area contributed by atoms with Gasteiger partial charge in [0, 0.05) is 23.7 Å². The minimum absolute atomic E-state index is 0.103. The van der Waals surface area contributed by atoms with Gasteiger partial charge in [0.25, 0.3) is 5.91 Å². The summed E-state index contributed by atoms with van der Waals surface area (Å²) in [6, 6.07) is 6.09. The summed E-state index contributed by atoms with van der Waals surface area (Å²) in [5.41, 5.74) is 1.81. The molecule has 2 aromatic rings. The third kappa shape index (κ3) is 2.57. The molecule has 1 aromatic heterocycles. The second-order valence-corrected chi connectivity index (χ2v) is 5.13. The molecule has 1 fully saturated rings. The van der Waals surface area contributed by atoms with Gasteiger partial charge in [0.15, 0.2) is 0 Å². The van der Waals surface area contributed by atoms with Crippen LogP contribution in [0.2, 0.25) is 0 Å². The molecule has 0 spiro atoms. The van der Waals surface area contributed by atoms with Crippen LogP contribution in [0, 0.1) is 18.7 Å². The van der Waals surface area contributed by atoms with E-state index in [0.29, 0.717) is 22.4 Å². The SMILES string of the molecule is Cc1cc(C(=O)NCC2CC2)c2ccc(F)cc2n1. The van der Waals surface area contributed by atoms with Gasteiger partial charge >= 0.3 is 0 Å². The quantitative estimate of drug-likeness (QED) is 0.919. The fourth-order valence-electron chi connectivity index (χ4n) is 2.18. The molecule has 0 atom stereocenters. The number of nitrogens with zero attached hydrogens (tertiary/aromatic N) is 1. The van der Waals surface area contributed by atoms with Crippen molar-refractivity contribution in [3.8, 4) is 0 Å². The molecular weight excluding hydrogens is 243 g/mol. The summed E-state index contributed by atoms with van der Waals surface area (Å²) in [6.07, 6.45) is 2.39. The van der Waals surface area contributed by atoms with E-state index >= 15 is 0 Å². The van der Waals surface area contributed by atoms with Crippen LogP contribution in [0.3, 0.4) is 0 Å². The van der Waals surface area contributed by atoms with Gasteiger partial charge in [0.05, 0.1) is 11.1 Å². The molecular formula is C15H15FN2O. The predicted molar refractivity (Wildman–Crippen MR) is 71.5 cm³/mol. The molecule has 4 heteroatoms. The molecule has 0 unspecified atom stereocenters. The van der Waals surface area contributed by atoms with E-state index in [2.05, 4.69) is 10.3 Å². The summed E-state index contributed by atoms with van der Waals surface area (Å²) in [5, 5.41) is 3.63. The van der Waals surface area contributed by atoms with Crippen molar-refractivity contribution in [3.05, 3.63) is 41.3 Å². The third-order valence-corrected chi connectivity index (χ3v) is 3.39. The van der Waals surface area contributed by atoms with Gasteiger partial charge in [-0.1, -0.05) is 0 Å². The van der Waals surface area contributed by atoms with Crippen LogP contribution >= 0.6 is 0 Å². The van der Waals surface area contributed by atoms with Crippen molar-refractivity contribution in [1.29, 1.82) is 0 Å². The summed E-state index contributed by atoms with van der Waals surface area (Å²) in [4.78, 5) is 16.5. The Balaban J connectivity index is 1.98. The van der Waals surface area contributed by atoms with Crippen LogP contribution in [0.1, 0.15) is 28.9 Å². The number of aryl methyl sites for hydroxylation is 1. The minimum Gasteiger partial charge on any atom is -0.352 e. The predicted octanol–water partition coefficient (Wildman–Crippen LogP) is 2.82. The lowest BCUT2D eigenvalue weighted by Crippen LogP contribution is -2.25. The van der Waals surface area contributed by atoms with Crippen LogP contribution in [-0.4, -0.2) is 17.4 Å². The van der Waals surface area contributed by atoms with Crippen molar-refractivity contribution in [2.75, 3.05) is 6.54 Å². The minimum atomic E-state index is -0.338. The number of hydrogen-bond acceptors (Lipinski definition) is 2. The van der Waals surface area contributed by atoms with E-state index in [9.17, 15) is 9.18 Å². The summed E-state index contributed by atoms with van der Waals surface area (Å²) >= 11 is 0. The Hall–Kier alpha value is -1.97. The summed E-state index contributed by atoms with van der Waals surface area (Å²) < 4.78 is 13.2. The second-order valence-electron chi connectivity index (χ2n) is 5.13. The number of amides is 1. The number of hydrogen-bond donors (Lipinski definition) is 1. The van der Waals surface area contributed by atoms with Crippen molar-refractivity contribution >= 4 is 16.8 Å².